The van der Waals surface area contributed by atoms with E-state index in [4.69, 9.17) is 4.42 Å². The summed E-state index contributed by atoms with van der Waals surface area (Å²) < 4.78 is 5.72. The van der Waals surface area contributed by atoms with Gasteiger partial charge in [-0.05, 0) is 50.6 Å². The molecule has 0 unspecified atom stereocenters. The summed E-state index contributed by atoms with van der Waals surface area (Å²) in [6, 6.07) is 17.0. The van der Waals surface area contributed by atoms with Crippen molar-refractivity contribution in [1.29, 1.82) is 0 Å². The van der Waals surface area contributed by atoms with E-state index in [2.05, 4.69) is 22.3 Å². The quantitative estimate of drug-likeness (QED) is 0.714. The van der Waals surface area contributed by atoms with E-state index < -0.39 is 0 Å². The predicted molar refractivity (Wildman–Crippen MR) is 114 cm³/mol. The van der Waals surface area contributed by atoms with Crippen LogP contribution in [-0.4, -0.2) is 30.4 Å². The molecule has 1 atom stereocenters. The van der Waals surface area contributed by atoms with Crippen LogP contribution in [0, 0.1) is 6.92 Å². The van der Waals surface area contributed by atoms with E-state index in [1.165, 1.54) is 30.9 Å². The van der Waals surface area contributed by atoms with Crippen LogP contribution in [0.1, 0.15) is 47.0 Å². The molecule has 1 N–H and O–H groups in total. The summed E-state index contributed by atoms with van der Waals surface area (Å²) in [6.45, 7) is 4.45. The zero-order chi connectivity index (χ0) is 20.2. The van der Waals surface area contributed by atoms with E-state index in [-0.39, 0.29) is 23.1 Å². The van der Waals surface area contributed by atoms with Gasteiger partial charge in [-0.1, -0.05) is 48.4 Å². The van der Waals surface area contributed by atoms with Crippen LogP contribution in [0.5, 0.6) is 0 Å². The Kier molecular flexibility index (Phi) is 5.76. The molecule has 4 rings (SSSR count). The second kappa shape index (κ2) is 8.62. The maximum atomic E-state index is 12.8. The number of hydrogen-bond donors (Lipinski definition) is 1. The van der Waals surface area contributed by atoms with Gasteiger partial charge in [-0.3, -0.25) is 14.5 Å². The van der Waals surface area contributed by atoms with Gasteiger partial charge in [0.05, 0.1) is 11.4 Å². The van der Waals surface area contributed by atoms with Gasteiger partial charge in [0.25, 0.3) is 5.91 Å². The standard InChI is InChI=1S/C24H26N2O3/c1-17-10-11-22-19(14-17)21(27)15-23(29-22)24(28)25-16-20(18-8-4-2-5-9-18)26-12-6-3-7-13-26/h2,4-5,8-11,14-15,20H,3,6-7,12-13,16H2,1H3,(H,25,28)/t20-/m1/s1. The molecule has 2 aromatic carbocycles. The van der Waals surface area contributed by atoms with Gasteiger partial charge in [-0.25, -0.2) is 0 Å². The number of carbonyl (C=O) groups excluding carboxylic acids is 1. The molecule has 1 aromatic heterocycles. The Morgan fingerprint density at radius 3 is 2.59 bits per heavy atom. The number of benzene rings is 2. The molecule has 3 aromatic rings. The van der Waals surface area contributed by atoms with Crippen LogP contribution in [0.3, 0.4) is 0 Å². The average Bonchev–Trinajstić information content (AvgIpc) is 2.75. The highest BCUT2D eigenvalue weighted by molar-refractivity contribution is 5.93. The molecule has 5 heteroatoms. The van der Waals surface area contributed by atoms with Gasteiger partial charge < -0.3 is 9.73 Å². The lowest BCUT2D eigenvalue weighted by Gasteiger charge is -2.35. The smallest absolute Gasteiger partial charge is 0.287 e. The van der Waals surface area contributed by atoms with Crippen molar-refractivity contribution in [2.45, 2.75) is 32.2 Å². The first-order valence-corrected chi connectivity index (χ1v) is 10.2. The fraction of sp³-hybridized carbons (Fsp3) is 0.333. The minimum atomic E-state index is -0.359. The molecule has 0 radical (unpaired) electrons. The Hall–Kier alpha value is -2.92. The second-order valence-corrected chi connectivity index (χ2v) is 7.71. The third-order valence-electron chi connectivity index (χ3n) is 5.58. The highest BCUT2D eigenvalue weighted by Crippen LogP contribution is 2.24. The van der Waals surface area contributed by atoms with Gasteiger partial charge >= 0.3 is 0 Å². The molecule has 1 aliphatic heterocycles. The highest BCUT2D eigenvalue weighted by Gasteiger charge is 2.23. The molecule has 29 heavy (non-hydrogen) atoms. The van der Waals surface area contributed by atoms with Crippen molar-refractivity contribution >= 4 is 16.9 Å². The fourth-order valence-electron chi connectivity index (χ4n) is 4.02. The van der Waals surface area contributed by atoms with E-state index in [9.17, 15) is 9.59 Å². The Morgan fingerprint density at radius 2 is 1.83 bits per heavy atom. The number of likely N-dealkylation sites (tertiary alicyclic amines) is 1. The first-order chi connectivity index (χ1) is 14.1. The summed E-state index contributed by atoms with van der Waals surface area (Å²) in [6.07, 6.45) is 3.61. The Balaban J connectivity index is 1.54. The van der Waals surface area contributed by atoms with E-state index in [1.807, 2.05) is 31.2 Å². The number of carbonyl (C=O) groups is 1. The van der Waals surface area contributed by atoms with Gasteiger partial charge in [0.2, 0.25) is 0 Å². The van der Waals surface area contributed by atoms with E-state index in [0.29, 0.717) is 17.5 Å². The third-order valence-corrected chi connectivity index (χ3v) is 5.58. The molecule has 0 bridgehead atoms. The normalized spacial score (nSPS) is 15.9. The minimum absolute atomic E-state index is 0.0526. The van der Waals surface area contributed by atoms with Crippen LogP contribution in [-0.2, 0) is 0 Å². The summed E-state index contributed by atoms with van der Waals surface area (Å²) in [5, 5.41) is 3.48. The van der Waals surface area contributed by atoms with Crippen molar-refractivity contribution in [3.8, 4) is 0 Å². The monoisotopic (exact) mass is 390 g/mol. The number of hydrogen-bond acceptors (Lipinski definition) is 4. The molecule has 1 saturated heterocycles. The first kappa shape index (κ1) is 19.4. The molecule has 0 spiro atoms. The van der Waals surface area contributed by atoms with E-state index >= 15 is 0 Å². The molecule has 2 heterocycles. The summed E-state index contributed by atoms with van der Waals surface area (Å²) in [5.74, 6) is -0.306. The topological polar surface area (TPSA) is 62.6 Å². The minimum Gasteiger partial charge on any atom is -0.451 e. The number of nitrogens with one attached hydrogen (secondary N) is 1. The number of nitrogens with zero attached hydrogens (tertiary/aromatic N) is 1. The van der Waals surface area contributed by atoms with Crippen LogP contribution in [0.15, 0.2) is 63.8 Å². The van der Waals surface area contributed by atoms with Crippen molar-refractivity contribution < 1.29 is 9.21 Å². The van der Waals surface area contributed by atoms with Crippen molar-refractivity contribution in [2.75, 3.05) is 19.6 Å². The summed E-state index contributed by atoms with van der Waals surface area (Å²) >= 11 is 0. The molecular formula is C24H26N2O3. The number of rotatable bonds is 5. The predicted octanol–water partition coefficient (Wildman–Crippen LogP) is 4.06. The lowest BCUT2D eigenvalue weighted by atomic mass is 10.0. The molecule has 1 fully saturated rings. The lowest BCUT2D eigenvalue weighted by molar-refractivity contribution is 0.0897. The van der Waals surface area contributed by atoms with Crippen LogP contribution >= 0.6 is 0 Å². The first-order valence-electron chi connectivity index (χ1n) is 10.2. The third kappa shape index (κ3) is 4.40. The molecule has 0 aliphatic carbocycles. The maximum Gasteiger partial charge on any atom is 0.287 e. The summed E-state index contributed by atoms with van der Waals surface area (Å²) in [7, 11) is 0. The zero-order valence-corrected chi connectivity index (χ0v) is 16.7. The number of aryl methyl sites for hydroxylation is 1. The summed E-state index contributed by atoms with van der Waals surface area (Å²) in [5.41, 5.74) is 2.40. The van der Waals surface area contributed by atoms with Crippen molar-refractivity contribution in [3.05, 3.63) is 81.7 Å². The maximum absolute atomic E-state index is 12.8. The Bertz CT molecular complexity index is 1050. The largest absolute Gasteiger partial charge is 0.451 e. The van der Waals surface area contributed by atoms with E-state index in [1.54, 1.807) is 12.1 Å². The molecule has 0 saturated carbocycles. The summed E-state index contributed by atoms with van der Waals surface area (Å²) in [4.78, 5) is 27.6. The van der Waals surface area contributed by atoms with Crippen molar-refractivity contribution in [2.24, 2.45) is 0 Å². The van der Waals surface area contributed by atoms with Gasteiger partial charge in [-0.15, -0.1) is 0 Å². The average molecular weight is 390 g/mol. The van der Waals surface area contributed by atoms with Gasteiger partial charge in [0, 0.05) is 12.6 Å². The van der Waals surface area contributed by atoms with E-state index in [0.717, 1.165) is 18.7 Å². The van der Waals surface area contributed by atoms with Crippen LogP contribution < -0.4 is 10.7 Å². The van der Waals surface area contributed by atoms with Gasteiger partial charge in [0.1, 0.15) is 5.58 Å². The SMILES string of the molecule is Cc1ccc2oc(C(=O)NC[C@H](c3ccccc3)N3CCCCC3)cc(=O)c2c1. The Labute approximate surface area is 170 Å². The molecular weight excluding hydrogens is 364 g/mol. The number of fused-ring (bicyclic) bond motifs is 1. The van der Waals surface area contributed by atoms with Gasteiger partial charge in [-0.2, -0.15) is 0 Å². The van der Waals surface area contributed by atoms with Crippen LogP contribution in [0.25, 0.3) is 11.0 Å². The lowest BCUT2D eigenvalue weighted by Crippen LogP contribution is -2.40. The molecule has 150 valence electrons. The highest BCUT2D eigenvalue weighted by atomic mass is 16.3. The van der Waals surface area contributed by atoms with Crippen LogP contribution in [0.4, 0.5) is 0 Å². The number of piperidine rings is 1. The zero-order valence-electron chi connectivity index (χ0n) is 16.7. The second-order valence-electron chi connectivity index (χ2n) is 7.71. The van der Waals surface area contributed by atoms with Crippen molar-refractivity contribution in [3.63, 3.8) is 0 Å². The molecule has 1 amide bonds. The molecule has 1 aliphatic rings. The van der Waals surface area contributed by atoms with Crippen molar-refractivity contribution in [1.82, 2.24) is 10.2 Å². The van der Waals surface area contributed by atoms with Gasteiger partial charge in [0.15, 0.2) is 11.2 Å². The van der Waals surface area contributed by atoms with Crippen LogP contribution in [0.2, 0.25) is 0 Å². The fourth-order valence-corrected chi connectivity index (χ4v) is 4.02. The Morgan fingerprint density at radius 1 is 1.07 bits per heavy atom. The molecule has 5 nitrogen and oxygen atoms in total. The number of amides is 1.